The van der Waals surface area contributed by atoms with Gasteiger partial charge in [0.15, 0.2) is 9.84 Å². The molecule has 0 bridgehead atoms. The smallest absolute Gasteiger partial charge is 0.201 e. The maximum atomic E-state index is 13.4. The van der Waals surface area contributed by atoms with Crippen molar-refractivity contribution in [2.24, 2.45) is 0 Å². The Kier molecular flexibility index (Phi) is 4.95. The van der Waals surface area contributed by atoms with Crippen LogP contribution in [-0.4, -0.2) is 28.8 Å². The topological polar surface area (TPSA) is 67.6 Å². The molecule has 4 rings (SSSR count). The van der Waals surface area contributed by atoms with Crippen LogP contribution in [-0.2, 0) is 9.84 Å². The fourth-order valence-corrected chi connectivity index (χ4v) is 4.02. The lowest BCUT2D eigenvalue weighted by atomic mass is 9.98. The number of rotatable bonds is 4. The summed E-state index contributed by atoms with van der Waals surface area (Å²) in [6.45, 7) is 0. The lowest BCUT2D eigenvalue weighted by molar-refractivity contribution is 0.601. The van der Waals surface area contributed by atoms with E-state index in [1.54, 1.807) is 30.3 Å². The summed E-state index contributed by atoms with van der Waals surface area (Å²) < 4.78 is 29.8. The third kappa shape index (κ3) is 3.62. The molecule has 0 N–H and O–H groups in total. The summed E-state index contributed by atoms with van der Waals surface area (Å²) in [4.78, 5) is 15.6. The number of hydrogen-bond donors (Lipinski definition) is 0. The van der Waals surface area contributed by atoms with E-state index >= 15 is 0 Å². The van der Waals surface area contributed by atoms with Gasteiger partial charge in [0, 0.05) is 31.6 Å². The monoisotopic (exact) mass is 419 g/mol. The minimum absolute atomic E-state index is 0.128. The van der Waals surface area contributed by atoms with E-state index in [4.69, 9.17) is 4.42 Å². The van der Waals surface area contributed by atoms with Crippen molar-refractivity contribution in [2.45, 2.75) is 4.90 Å². The Hall–Kier alpha value is -3.38. The third-order valence-electron chi connectivity index (χ3n) is 5.01. The van der Waals surface area contributed by atoms with E-state index in [2.05, 4.69) is 0 Å². The highest BCUT2D eigenvalue weighted by molar-refractivity contribution is 7.90. The molecule has 0 spiro atoms. The zero-order chi connectivity index (χ0) is 21.5. The summed E-state index contributed by atoms with van der Waals surface area (Å²) in [6, 6.07) is 21.2. The molecule has 0 aliphatic heterocycles. The Balaban J connectivity index is 1.98. The molecule has 0 fully saturated rings. The number of hydrogen-bond acceptors (Lipinski definition) is 5. The van der Waals surface area contributed by atoms with Gasteiger partial charge in [-0.25, -0.2) is 8.42 Å². The molecular formula is C24H21NO4S. The molecule has 30 heavy (non-hydrogen) atoms. The van der Waals surface area contributed by atoms with Crippen LogP contribution in [0.2, 0.25) is 0 Å². The molecule has 0 amide bonds. The largest absolute Gasteiger partial charge is 0.455 e. The summed E-state index contributed by atoms with van der Waals surface area (Å²) in [6.07, 6.45) is 1.16. The molecule has 0 atom stereocenters. The summed E-state index contributed by atoms with van der Waals surface area (Å²) in [5.41, 5.74) is 3.20. The number of fused-ring (bicyclic) bond motifs is 1. The first-order valence-corrected chi connectivity index (χ1v) is 11.3. The Bertz CT molecular complexity index is 1380. The fourth-order valence-electron chi connectivity index (χ4n) is 3.39. The van der Waals surface area contributed by atoms with Crippen LogP contribution in [0.5, 0.6) is 0 Å². The molecule has 5 nitrogen and oxygen atoms in total. The molecule has 3 aromatic carbocycles. The van der Waals surface area contributed by atoms with Crippen LogP contribution in [0.15, 0.2) is 86.9 Å². The maximum absolute atomic E-state index is 13.4. The zero-order valence-corrected chi connectivity index (χ0v) is 17.7. The van der Waals surface area contributed by atoms with Crippen molar-refractivity contribution in [3.8, 4) is 22.5 Å². The van der Waals surface area contributed by atoms with Gasteiger partial charge in [-0.2, -0.15) is 0 Å². The maximum Gasteiger partial charge on any atom is 0.201 e. The van der Waals surface area contributed by atoms with Crippen LogP contribution < -0.4 is 10.3 Å². The first-order chi connectivity index (χ1) is 14.3. The zero-order valence-electron chi connectivity index (χ0n) is 16.9. The van der Waals surface area contributed by atoms with Gasteiger partial charge in [-0.3, -0.25) is 4.79 Å². The van der Waals surface area contributed by atoms with Gasteiger partial charge in [-0.1, -0.05) is 24.3 Å². The van der Waals surface area contributed by atoms with E-state index in [1.165, 1.54) is 12.1 Å². The van der Waals surface area contributed by atoms with E-state index in [1.807, 2.05) is 49.3 Å². The second kappa shape index (κ2) is 7.46. The Morgan fingerprint density at radius 3 is 2.00 bits per heavy atom. The standard InChI is InChI=1S/C24H21NO4S/c1-25(2)18-12-8-16(9-13-18)22-23(26)20-6-4-5-7-21(20)29-24(22)17-10-14-19(15-11-17)30(3,27)28/h4-15H,1-3H3. The van der Waals surface area contributed by atoms with Crippen LogP contribution in [0.3, 0.4) is 0 Å². The Morgan fingerprint density at radius 2 is 1.40 bits per heavy atom. The minimum atomic E-state index is -3.32. The molecule has 1 heterocycles. The second-order valence-corrected chi connectivity index (χ2v) is 9.39. The lowest BCUT2D eigenvalue weighted by Gasteiger charge is -2.14. The molecule has 0 aliphatic rings. The fraction of sp³-hybridized carbons (Fsp3) is 0.125. The summed E-state index contributed by atoms with van der Waals surface area (Å²) in [5.74, 6) is 0.413. The van der Waals surface area contributed by atoms with Crippen molar-refractivity contribution >= 4 is 26.5 Å². The van der Waals surface area contributed by atoms with E-state index < -0.39 is 9.84 Å². The molecule has 0 radical (unpaired) electrons. The van der Waals surface area contributed by atoms with Crippen LogP contribution in [0.4, 0.5) is 5.69 Å². The van der Waals surface area contributed by atoms with E-state index in [0.717, 1.165) is 17.5 Å². The molecule has 1 aromatic heterocycles. The van der Waals surface area contributed by atoms with E-state index in [9.17, 15) is 13.2 Å². The van der Waals surface area contributed by atoms with Crippen molar-refractivity contribution in [3.05, 3.63) is 83.0 Å². The first kappa shape index (κ1) is 19.9. The van der Waals surface area contributed by atoms with Gasteiger partial charge in [0.2, 0.25) is 5.43 Å². The van der Waals surface area contributed by atoms with Crippen LogP contribution >= 0.6 is 0 Å². The average Bonchev–Trinajstić information content (AvgIpc) is 2.73. The van der Waals surface area contributed by atoms with Gasteiger partial charge in [-0.15, -0.1) is 0 Å². The van der Waals surface area contributed by atoms with Crippen molar-refractivity contribution in [2.75, 3.05) is 25.3 Å². The Labute approximate surface area is 175 Å². The molecule has 4 aromatic rings. The number of para-hydroxylation sites is 1. The van der Waals surface area contributed by atoms with Gasteiger partial charge in [0.25, 0.3) is 0 Å². The number of sulfone groups is 1. The number of benzene rings is 3. The Morgan fingerprint density at radius 1 is 0.800 bits per heavy atom. The van der Waals surface area contributed by atoms with Gasteiger partial charge < -0.3 is 9.32 Å². The highest BCUT2D eigenvalue weighted by Crippen LogP contribution is 2.33. The van der Waals surface area contributed by atoms with Crippen molar-refractivity contribution < 1.29 is 12.8 Å². The molecule has 0 saturated heterocycles. The van der Waals surface area contributed by atoms with Crippen LogP contribution in [0.25, 0.3) is 33.4 Å². The first-order valence-electron chi connectivity index (χ1n) is 9.40. The number of nitrogens with zero attached hydrogens (tertiary/aromatic N) is 1. The van der Waals surface area contributed by atoms with Gasteiger partial charge in [0.05, 0.1) is 15.8 Å². The SMILES string of the molecule is CN(C)c1ccc(-c2c(-c3ccc(S(C)(=O)=O)cc3)oc3ccccc3c2=O)cc1. The van der Waals surface area contributed by atoms with Crippen molar-refractivity contribution in [3.63, 3.8) is 0 Å². The van der Waals surface area contributed by atoms with Crippen molar-refractivity contribution in [1.82, 2.24) is 0 Å². The predicted octanol–water partition coefficient (Wildman–Crippen LogP) is 4.60. The molecule has 0 saturated carbocycles. The summed E-state index contributed by atoms with van der Waals surface area (Å²) in [7, 11) is 0.588. The quantitative estimate of drug-likeness (QED) is 0.484. The molecule has 6 heteroatoms. The summed E-state index contributed by atoms with van der Waals surface area (Å²) in [5, 5.41) is 0.501. The molecule has 0 aliphatic carbocycles. The van der Waals surface area contributed by atoms with Gasteiger partial charge in [0.1, 0.15) is 11.3 Å². The molecule has 0 unspecified atom stereocenters. The van der Waals surface area contributed by atoms with Gasteiger partial charge in [-0.05, 0) is 54.1 Å². The highest BCUT2D eigenvalue weighted by atomic mass is 32.2. The van der Waals surface area contributed by atoms with E-state index in [0.29, 0.717) is 27.9 Å². The molecular weight excluding hydrogens is 398 g/mol. The lowest BCUT2D eigenvalue weighted by Crippen LogP contribution is -2.09. The minimum Gasteiger partial charge on any atom is -0.455 e. The normalized spacial score (nSPS) is 11.6. The highest BCUT2D eigenvalue weighted by Gasteiger charge is 2.18. The summed E-state index contributed by atoms with van der Waals surface area (Å²) >= 11 is 0. The van der Waals surface area contributed by atoms with Gasteiger partial charge >= 0.3 is 0 Å². The van der Waals surface area contributed by atoms with Crippen molar-refractivity contribution in [1.29, 1.82) is 0 Å². The number of anilines is 1. The van der Waals surface area contributed by atoms with Crippen LogP contribution in [0, 0.1) is 0 Å². The third-order valence-corrected chi connectivity index (χ3v) is 6.14. The van der Waals surface area contributed by atoms with Crippen LogP contribution in [0.1, 0.15) is 0 Å². The van der Waals surface area contributed by atoms with E-state index in [-0.39, 0.29) is 10.3 Å². The predicted molar refractivity (Wildman–Crippen MR) is 121 cm³/mol. The second-order valence-electron chi connectivity index (χ2n) is 7.37. The molecule has 152 valence electrons. The average molecular weight is 420 g/mol.